The molecule has 2 unspecified atom stereocenters. The summed E-state index contributed by atoms with van der Waals surface area (Å²) >= 11 is 0. The summed E-state index contributed by atoms with van der Waals surface area (Å²) < 4.78 is 19.2. The van der Waals surface area contributed by atoms with Gasteiger partial charge in [0.05, 0.1) is 30.0 Å². The lowest BCUT2D eigenvalue weighted by Gasteiger charge is -2.41. The maximum absolute atomic E-state index is 13.3. The Hall–Kier alpha value is -5.70. The van der Waals surface area contributed by atoms with Crippen LogP contribution in [-0.4, -0.2) is 87.4 Å². The number of aromatic hydroxyl groups is 1. The number of esters is 1. The molecule has 57 heavy (non-hydrogen) atoms. The summed E-state index contributed by atoms with van der Waals surface area (Å²) in [6.07, 6.45) is 3.18. The molecular formula is C43H50N6O8. The van der Waals surface area contributed by atoms with E-state index in [0.717, 1.165) is 37.2 Å². The lowest BCUT2D eigenvalue weighted by Crippen LogP contribution is -2.49. The van der Waals surface area contributed by atoms with Crippen LogP contribution >= 0.6 is 0 Å². The van der Waals surface area contributed by atoms with E-state index in [2.05, 4.69) is 25.6 Å². The molecule has 5 N–H and O–H groups in total. The van der Waals surface area contributed by atoms with Gasteiger partial charge in [-0.25, -0.2) is 9.59 Å². The zero-order chi connectivity index (χ0) is 39.7. The van der Waals surface area contributed by atoms with Crippen molar-refractivity contribution in [1.29, 1.82) is 0 Å². The number of piperidine rings is 2. The van der Waals surface area contributed by atoms with Gasteiger partial charge >= 0.3 is 12.1 Å². The number of pyridine rings is 1. The molecule has 2 aliphatic rings. The largest absolute Gasteiger partial charge is 0.506 e. The van der Waals surface area contributed by atoms with E-state index in [1.165, 1.54) is 25.0 Å². The van der Waals surface area contributed by atoms with E-state index in [1.54, 1.807) is 29.9 Å². The molecule has 2 aromatic heterocycles. The van der Waals surface area contributed by atoms with Gasteiger partial charge in [-0.15, -0.1) is 0 Å². The monoisotopic (exact) mass is 778 g/mol. The maximum atomic E-state index is 13.3. The molecule has 7 rings (SSSR count). The van der Waals surface area contributed by atoms with Crippen LogP contribution in [0.15, 0.2) is 89.7 Å². The number of fused-ring (bicyclic) bond motifs is 3. The van der Waals surface area contributed by atoms with Crippen molar-refractivity contribution in [2.24, 2.45) is 13.0 Å². The molecule has 0 radical (unpaired) electrons. The maximum Gasteiger partial charge on any atom is 0.408 e. The van der Waals surface area contributed by atoms with Crippen LogP contribution in [0.1, 0.15) is 77.1 Å². The average molecular weight is 779 g/mol. The van der Waals surface area contributed by atoms with Gasteiger partial charge in [0.15, 0.2) is 5.69 Å². The van der Waals surface area contributed by atoms with Gasteiger partial charge in [-0.3, -0.25) is 14.4 Å². The Bertz CT molecular complexity index is 2200. The normalized spacial score (nSPS) is 18.7. The highest BCUT2D eigenvalue weighted by Crippen LogP contribution is 2.30. The van der Waals surface area contributed by atoms with Crippen molar-refractivity contribution < 1.29 is 34.0 Å². The molecule has 5 atom stereocenters. The van der Waals surface area contributed by atoms with Crippen molar-refractivity contribution in [2.75, 3.05) is 39.3 Å². The molecule has 5 aromatic rings. The second kappa shape index (κ2) is 18.5. The SMILES string of the molecule is Cn1nc(C(=O)OCCCCNC[C@H](O)c2ccc(O)c3[nH]c(=O)ccc23)cc1COc1cccc([C@@H](NC(=O)O[C@@H]2CC3CCCN(C3)C2)c2ccccc2)c1. The zero-order valence-electron chi connectivity index (χ0n) is 32.1. The van der Waals surface area contributed by atoms with Gasteiger partial charge in [0.2, 0.25) is 5.56 Å². The fourth-order valence-electron chi connectivity index (χ4n) is 7.81. The number of hydrogen-bond donors (Lipinski definition) is 5. The van der Waals surface area contributed by atoms with Crippen LogP contribution in [0.4, 0.5) is 4.79 Å². The van der Waals surface area contributed by atoms with Gasteiger partial charge in [-0.2, -0.15) is 5.10 Å². The number of unbranched alkanes of at least 4 members (excludes halogenated alkanes) is 1. The predicted octanol–water partition coefficient (Wildman–Crippen LogP) is 5.11. The average Bonchev–Trinajstić information content (AvgIpc) is 3.59. The second-order valence-corrected chi connectivity index (χ2v) is 14.9. The number of alkyl carbamates (subject to hydrolysis) is 1. The number of aromatic amines is 1. The highest BCUT2D eigenvalue weighted by molar-refractivity contribution is 5.88. The Labute approximate surface area is 330 Å². The third-order valence-electron chi connectivity index (χ3n) is 10.7. The summed E-state index contributed by atoms with van der Waals surface area (Å²) in [5.41, 5.74) is 3.15. The number of aryl methyl sites for hydroxylation is 1. The zero-order valence-corrected chi connectivity index (χ0v) is 32.1. The number of phenols is 1. The smallest absolute Gasteiger partial charge is 0.408 e. The minimum absolute atomic E-state index is 0.0602. The summed E-state index contributed by atoms with van der Waals surface area (Å²) in [5.74, 6) is 0.582. The van der Waals surface area contributed by atoms with Crippen LogP contribution < -0.4 is 20.9 Å². The Morgan fingerprint density at radius 1 is 1.00 bits per heavy atom. The molecule has 0 saturated carbocycles. The molecule has 14 heteroatoms. The number of carbonyl (C=O) groups is 2. The van der Waals surface area contributed by atoms with Crippen LogP contribution in [-0.2, 0) is 23.1 Å². The number of aromatic nitrogens is 3. The van der Waals surface area contributed by atoms with Crippen LogP contribution in [0.25, 0.3) is 10.9 Å². The van der Waals surface area contributed by atoms with Gasteiger partial charge in [0.1, 0.15) is 24.2 Å². The third kappa shape index (κ3) is 10.2. The fraction of sp³-hybridized carbons (Fsp3) is 0.395. The summed E-state index contributed by atoms with van der Waals surface area (Å²) in [7, 11) is 1.74. The van der Waals surface area contributed by atoms with E-state index >= 15 is 0 Å². The van der Waals surface area contributed by atoms with E-state index in [4.69, 9.17) is 14.2 Å². The highest BCUT2D eigenvalue weighted by Gasteiger charge is 2.32. The van der Waals surface area contributed by atoms with Crippen LogP contribution in [0, 0.1) is 5.92 Å². The molecule has 2 aliphatic heterocycles. The predicted molar refractivity (Wildman–Crippen MR) is 213 cm³/mol. The molecule has 4 heterocycles. The van der Waals surface area contributed by atoms with Crippen molar-refractivity contribution in [1.82, 2.24) is 30.3 Å². The van der Waals surface area contributed by atoms with E-state index in [0.29, 0.717) is 47.7 Å². The van der Waals surface area contributed by atoms with E-state index in [1.807, 2.05) is 54.6 Å². The minimum Gasteiger partial charge on any atom is -0.506 e. The molecule has 300 valence electrons. The molecule has 0 aliphatic carbocycles. The molecule has 2 saturated heterocycles. The third-order valence-corrected chi connectivity index (χ3v) is 10.7. The first-order valence-electron chi connectivity index (χ1n) is 19.6. The molecule has 2 fully saturated rings. The van der Waals surface area contributed by atoms with Crippen molar-refractivity contribution in [2.45, 2.75) is 57.0 Å². The number of nitrogens with one attached hydrogen (secondary N) is 3. The quantitative estimate of drug-likeness (QED) is 0.0664. The van der Waals surface area contributed by atoms with Crippen LogP contribution in [0.2, 0.25) is 0 Å². The van der Waals surface area contributed by atoms with Crippen molar-refractivity contribution in [3.8, 4) is 11.5 Å². The van der Waals surface area contributed by atoms with Gasteiger partial charge in [-0.1, -0.05) is 48.5 Å². The van der Waals surface area contributed by atoms with Gasteiger partial charge in [0.25, 0.3) is 0 Å². The standard InChI is InChI=1S/C43H50N6O8/c1-48-31(23-36(47-48)42(53)55-20-6-5-18-44-24-38(51)34-14-16-37(50)41-35(34)15-17-39(52)45-41)27-56-32-13-7-12-30(22-32)40(29-10-3-2-4-11-29)46-43(54)57-33-21-28-9-8-19-49(25-28)26-33/h2-4,7,10-17,22-23,28,33,38,40,44,50-51H,5-6,8-9,18-21,24-27H2,1H3,(H,45,52)(H,46,54)/t28?,33-,38+,40+/m1/s1. The summed E-state index contributed by atoms with van der Waals surface area (Å²) in [6.45, 7) is 4.14. The first-order valence-corrected chi connectivity index (χ1v) is 19.6. The molecule has 0 spiro atoms. The number of ether oxygens (including phenoxy) is 3. The Morgan fingerprint density at radius 2 is 1.84 bits per heavy atom. The number of hydrogen-bond acceptors (Lipinski definition) is 11. The Balaban J connectivity index is 0.866. The highest BCUT2D eigenvalue weighted by atomic mass is 16.6. The minimum atomic E-state index is -0.855. The lowest BCUT2D eigenvalue weighted by atomic mass is 9.88. The van der Waals surface area contributed by atoms with Crippen molar-refractivity contribution in [3.63, 3.8) is 0 Å². The summed E-state index contributed by atoms with van der Waals surface area (Å²) in [4.78, 5) is 42.8. The molecular weight excluding hydrogens is 729 g/mol. The van der Waals surface area contributed by atoms with E-state index in [-0.39, 0.29) is 48.4 Å². The summed E-state index contributed by atoms with van der Waals surface area (Å²) in [6, 6.07) is 24.6. The Morgan fingerprint density at radius 3 is 2.68 bits per heavy atom. The first-order chi connectivity index (χ1) is 27.7. The van der Waals surface area contributed by atoms with Gasteiger partial charge in [0, 0.05) is 38.1 Å². The molecule has 1 amide bonds. The van der Waals surface area contributed by atoms with E-state index < -0.39 is 24.2 Å². The number of aliphatic hydroxyl groups is 1. The second-order valence-electron chi connectivity index (χ2n) is 14.9. The number of aliphatic hydroxyl groups excluding tert-OH is 1. The van der Waals surface area contributed by atoms with Crippen LogP contribution in [0.5, 0.6) is 11.5 Å². The topological polar surface area (TPSA) is 180 Å². The van der Waals surface area contributed by atoms with Gasteiger partial charge < -0.3 is 40.0 Å². The fourth-order valence-corrected chi connectivity index (χ4v) is 7.81. The van der Waals surface area contributed by atoms with Crippen molar-refractivity contribution >= 4 is 23.0 Å². The molecule has 14 nitrogen and oxygen atoms in total. The van der Waals surface area contributed by atoms with E-state index in [9.17, 15) is 24.6 Å². The molecule has 2 bridgehead atoms. The first kappa shape index (κ1) is 39.5. The number of rotatable bonds is 16. The number of nitrogens with zero attached hydrogens (tertiary/aromatic N) is 3. The number of carbonyl (C=O) groups excluding carboxylic acids is 2. The summed E-state index contributed by atoms with van der Waals surface area (Å²) in [5, 5.41) is 32.0. The molecule has 3 aromatic carbocycles. The van der Waals surface area contributed by atoms with Crippen molar-refractivity contribution in [3.05, 3.63) is 123 Å². The number of phenolic OH excluding ortho intramolecular Hbond substituents is 1. The number of amides is 1. The Kier molecular flexibility index (Phi) is 12.8. The number of benzene rings is 3. The van der Waals surface area contributed by atoms with Gasteiger partial charge in [-0.05, 0) is 98.1 Å². The van der Waals surface area contributed by atoms with Crippen LogP contribution in [0.3, 0.4) is 0 Å². The lowest BCUT2D eigenvalue weighted by molar-refractivity contribution is 0.00134. The number of H-pyrrole nitrogens is 1.